The number of rotatable bonds is 7. The van der Waals surface area contributed by atoms with Crippen LogP contribution in [0.4, 0.5) is 21.5 Å². The fraction of sp³-hybridized carbons (Fsp3) is 0.333. The maximum atomic E-state index is 14.3. The first-order chi connectivity index (χ1) is 12.5. The van der Waals surface area contributed by atoms with Crippen LogP contribution in [0, 0.1) is 5.82 Å². The van der Waals surface area contributed by atoms with Gasteiger partial charge in [0.05, 0.1) is 23.2 Å². The van der Waals surface area contributed by atoms with Crippen molar-refractivity contribution in [3.05, 3.63) is 54.3 Å². The quantitative estimate of drug-likeness (QED) is 0.775. The summed E-state index contributed by atoms with van der Waals surface area (Å²) in [5, 5.41) is 12.7. The van der Waals surface area contributed by atoms with E-state index >= 15 is 0 Å². The Balaban J connectivity index is 1.91. The second-order valence-corrected chi connectivity index (χ2v) is 7.84. The number of aliphatic hydroxyl groups excluding tert-OH is 1. The van der Waals surface area contributed by atoms with Crippen molar-refractivity contribution >= 4 is 27.3 Å². The lowest BCUT2D eigenvalue weighted by atomic mass is 10.2. The summed E-state index contributed by atoms with van der Waals surface area (Å²) in [6, 6.07) is 12.7. The highest BCUT2D eigenvalue weighted by Gasteiger charge is 2.41. The van der Waals surface area contributed by atoms with E-state index in [1.165, 1.54) is 22.5 Å². The van der Waals surface area contributed by atoms with E-state index in [4.69, 9.17) is 0 Å². The van der Waals surface area contributed by atoms with E-state index in [2.05, 4.69) is 5.32 Å². The summed E-state index contributed by atoms with van der Waals surface area (Å²) in [6.45, 7) is 0.662. The van der Waals surface area contributed by atoms with Crippen molar-refractivity contribution in [2.45, 2.75) is 18.9 Å². The van der Waals surface area contributed by atoms with Gasteiger partial charge < -0.3 is 10.4 Å². The molecule has 3 rings (SSSR count). The van der Waals surface area contributed by atoms with E-state index in [0.29, 0.717) is 30.8 Å². The number of nitrogens with one attached hydrogen (secondary N) is 1. The van der Waals surface area contributed by atoms with E-state index in [1.807, 2.05) is 0 Å². The van der Waals surface area contributed by atoms with Crippen molar-refractivity contribution in [1.29, 1.82) is 0 Å². The minimum atomic E-state index is -3.94. The number of benzene rings is 2. The largest absolute Gasteiger partial charge is 0.392 e. The number of anilines is 3. The van der Waals surface area contributed by atoms with E-state index in [0.717, 1.165) is 4.31 Å². The molecule has 140 valence electrons. The molecule has 26 heavy (non-hydrogen) atoms. The number of hydrogen-bond donors (Lipinski definition) is 2. The monoisotopic (exact) mass is 379 g/mol. The molecule has 0 amide bonds. The molecule has 0 saturated heterocycles. The summed E-state index contributed by atoms with van der Waals surface area (Å²) < 4.78 is 42.8. The molecule has 0 aromatic heterocycles. The van der Waals surface area contributed by atoms with Gasteiger partial charge in [-0.1, -0.05) is 24.3 Å². The lowest BCUT2D eigenvalue weighted by molar-refractivity contribution is 0.162. The number of aliphatic hydroxyl groups is 1. The molecule has 0 spiro atoms. The second kappa shape index (κ2) is 7.61. The van der Waals surface area contributed by atoms with E-state index in [-0.39, 0.29) is 12.2 Å². The van der Waals surface area contributed by atoms with Crippen LogP contribution in [0.3, 0.4) is 0 Å². The molecule has 1 atom stereocenters. The SMILES string of the molecule is CNC[C@H](O)CCCN1c2ccccc2N(c2ccccc2F)S1(=O)=O. The molecule has 6 nitrogen and oxygen atoms in total. The summed E-state index contributed by atoms with van der Waals surface area (Å²) in [5.41, 5.74) is 0.935. The van der Waals surface area contributed by atoms with Gasteiger partial charge in [-0.15, -0.1) is 0 Å². The van der Waals surface area contributed by atoms with Gasteiger partial charge in [-0.25, -0.2) is 8.70 Å². The van der Waals surface area contributed by atoms with Crippen LogP contribution in [-0.4, -0.2) is 39.8 Å². The molecular formula is C18H22FN3O3S. The highest BCUT2D eigenvalue weighted by molar-refractivity contribution is 7.95. The normalized spacial score (nSPS) is 16.6. The highest BCUT2D eigenvalue weighted by Crippen LogP contribution is 2.45. The van der Waals surface area contributed by atoms with Gasteiger partial charge in [-0.3, -0.25) is 4.31 Å². The van der Waals surface area contributed by atoms with Gasteiger partial charge in [0.1, 0.15) is 5.82 Å². The number of fused-ring (bicyclic) bond motifs is 1. The molecule has 0 unspecified atom stereocenters. The third-order valence-electron chi connectivity index (χ3n) is 4.29. The van der Waals surface area contributed by atoms with Gasteiger partial charge in [0.15, 0.2) is 0 Å². The number of hydrogen-bond acceptors (Lipinski definition) is 4. The Morgan fingerprint density at radius 3 is 2.35 bits per heavy atom. The molecule has 0 bridgehead atoms. The van der Waals surface area contributed by atoms with Gasteiger partial charge in [0, 0.05) is 13.1 Å². The molecular weight excluding hydrogens is 357 g/mol. The van der Waals surface area contributed by atoms with Gasteiger partial charge >= 0.3 is 10.2 Å². The van der Waals surface area contributed by atoms with Crippen LogP contribution >= 0.6 is 0 Å². The maximum Gasteiger partial charge on any atom is 0.331 e. The van der Waals surface area contributed by atoms with E-state index in [1.54, 1.807) is 37.4 Å². The summed E-state index contributed by atoms with van der Waals surface area (Å²) in [4.78, 5) is 0. The fourth-order valence-electron chi connectivity index (χ4n) is 3.11. The molecule has 8 heteroatoms. The van der Waals surface area contributed by atoms with Crippen LogP contribution in [0.25, 0.3) is 0 Å². The smallest absolute Gasteiger partial charge is 0.331 e. The van der Waals surface area contributed by atoms with Crippen LogP contribution in [0.5, 0.6) is 0 Å². The third kappa shape index (κ3) is 3.40. The van der Waals surface area contributed by atoms with Crippen LogP contribution in [-0.2, 0) is 10.2 Å². The zero-order valence-corrected chi connectivity index (χ0v) is 15.3. The maximum absolute atomic E-state index is 14.3. The molecule has 1 heterocycles. The number of para-hydroxylation sites is 3. The Labute approximate surface area is 153 Å². The summed E-state index contributed by atoms with van der Waals surface area (Å²) in [7, 11) is -2.20. The van der Waals surface area contributed by atoms with Crippen molar-refractivity contribution in [1.82, 2.24) is 5.32 Å². The van der Waals surface area contributed by atoms with Crippen molar-refractivity contribution in [3.8, 4) is 0 Å². The van der Waals surface area contributed by atoms with Gasteiger partial charge in [-0.2, -0.15) is 8.42 Å². The van der Waals surface area contributed by atoms with Gasteiger partial charge in [0.25, 0.3) is 0 Å². The predicted molar refractivity (Wildman–Crippen MR) is 100 cm³/mol. The summed E-state index contributed by atoms with van der Waals surface area (Å²) in [6.07, 6.45) is 0.416. The van der Waals surface area contributed by atoms with Crippen LogP contribution < -0.4 is 13.9 Å². The van der Waals surface area contributed by atoms with Gasteiger partial charge in [0.2, 0.25) is 0 Å². The molecule has 0 aliphatic carbocycles. The Morgan fingerprint density at radius 1 is 1.08 bits per heavy atom. The molecule has 2 N–H and O–H groups in total. The van der Waals surface area contributed by atoms with Crippen molar-refractivity contribution in [2.75, 3.05) is 28.7 Å². The molecule has 0 radical (unpaired) electrons. The molecule has 2 aromatic carbocycles. The van der Waals surface area contributed by atoms with E-state index in [9.17, 15) is 17.9 Å². The zero-order chi connectivity index (χ0) is 18.7. The first kappa shape index (κ1) is 18.6. The highest BCUT2D eigenvalue weighted by atomic mass is 32.2. The second-order valence-electron chi connectivity index (χ2n) is 6.14. The van der Waals surface area contributed by atoms with Crippen molar-refractivity contribution in [3.63, 3.8) is 0 Å². The minimum absolute atomic E-state index is 0.00216. The fourth-order valence-corrected chi connectivity index (χ4v) is 4.87. The molecule has 0 fully saturated rings. The number of halogens is 1. The number of nitrogens with zero attached hydrogens (tertiary/aromatic N) is 2. The lowest BCUT2D eigenvalue weighted by Crippen LogP contribution is -2.36. The Morgan fingerprint density at radius 2 is 1.69 bits per heavy atom. The van der Waals surface area contributed by atoms with Crippen LogP contribution in [0.2, 0.25) is 0 Å². The Hall–Kier alpha value is -2.16. The minimum Gasteiger partial charge on any atom is -0.392 e. The molecule has 0 saturated carbocycles. The van der Waals surface area contributed by atoms with Gasteiger partial charge in [-0.05, 0) is 44.2 Å². The van der Waals surface area contributed by atoms with Crippen LogP contribution in [0.15, 0.2) is 48.5 Å². The summed E-state index contributed by atoms with van der Waals surface area (Å²) in [5.74, 6) is -0.600. The zero-order valence-electron chi connectivity index (χ0n) is 14.5. The molecule has 2 aromatic rings. The van der Waals surface area contributed by atoms with Crippen molar-refractivity contribution < 1.29 is 17.9 Å². The average Bonchev–Trinajstić information content (AvgIpc) is 2.83. The Kier molecular flexibility index (Phi) is 5.45. The van der Waals surface area contributed by atoms with Crippen LogP contribution in [0.1, 0.15) is 12.8 Å². The van der Waals surface area contributed by atoms with E-state index < -0.39 is 22.1 Å². The molecule has 1 aliphatic heterocycles. The topological polar surface area (TPSA) is 72.9 Å². The average molecular weight is 379 g/mol. The third-order valence-corrected chi connectivity index (χ3v) is 6.08. The lowest BCUT2D eigenvalue weighted by Gasteiger charge is -2.22. The number of likely N-dealkylation sites (N-methyl/N-ethyl adjacent to an activating group) is 1. The molecule has 1 aliphatic rings. The Bertz CT molecular complexity index is 875. The first-order valence-electron chi connectivity index (χ1n) is 8.46. The van der Waals surface area contributed by atoms with Crippen molar-refractivity contribution in [2.24, 2.45) is 0 Å². The standard InChI is InChI=1S/C18H22FN3O3S/c1-20-13-14(23)7-6-12-21-17-10-4-5-11-18(17)22(26(21,24)25)16-9-3-2-8-15(16)19/h2-5,8-11,14,20,23H,6-7,12-13H2,1H3/t14-/m1/s1. The first-order valence-corrected chi connectivity index (χ1v) is 9.85. The predicted octanol–water partition coefficient (Wildman–Crippen LogP) is 2.39. The summed E-state index contributed by atoms with van der Waals surface area (Å²) >= 11 is 0.